The van der Waals surface area contributed by atoms with E-state index >= 15 is 0 Å². The number of rotatable bonds is 19. The molecular formula is C27H49NO4. The summed E-state index contributed by atoms with van der Waals surface area (Å²) in [7, 11) is 0. The molecule has 0 amide bonds. The Kier molecular flexibility index (Phi) is 21.5. The molecule has 0 aromatic heterocycles. The molecule has 1 aromatic carbocycles. The lowest BCUT2D eigenvalue weighted by Gasteiger charge is -2.05. The molecule has 32 heavy (non-hydrogen) atoms. The second-order valence-electron chi connectivity index (χ2n) is 8.84. The van der Waals surface area contributed by atoms with Crippen LogP contribution in [0.2, 0.25) is 0 Å². The number of phenolic OH excluding ortho intramolecular Hbond substituents is 1. The monoisotopic (exact) mass is 451 g/mol. The first-order valence-electron chi connectivity index (χ1n) is 12.9. The first-order valence-corrected chi connectivity index (χ1v) is 12.9. The number of aliphatic hydroxyl groups excluding tert-OH is 1. The molecule has 0 radical (unpaired) electrons. The van der Waals surface area contributed by atoms with Gasteiger partial charge in [0.1, 0.15) is 11.8 Å². The molecule has 0 saturated carbocycles. The molecule has 0 fully saturated rings. The Morgan fingerprint density at radius 2 is 1.12 bits per heavy atom. The van der Waals surface area contributed by atoms with Crippen LogP contribution in [-0.2, 0) is 11.2 Å². The third kappa shape index (κ3) is 20.3. The fourth-order valence-electron chi connectivity index (χ4n) is 3.63. The molecule has 1 rings (SSSR count). The van der Waals surface area contributed by atoms with E-state index in [0.29, 0.717) is 6.61 Å². The van der Waals surface area contributed by atoms with E-state index in [2.05, 4.69) is 6.92 Å². The SMILES string of the molecule is CCCCCCCCCCCCCCCCCCO.NC(Cc1ccc(O)cc1)C(=O)O. The zero-order chi connectivity index (χ0) is 23.9. The fraction of sp³-hybridized carbons (Fsp3) is 0.741. The van der Waals surface area contributed by atoms with Crippen molar-refractivity contribution in [3.05, 3.63) is 29.8 Å². The average molecular weight is 452 g/mol. The number of carboxylic acids is 1. The molecule has 5 nitrogen and oxygen atoms in total. The molecule has 1 aromatic rings. The molecule has 0 heterocycles. The molecule has 0 aliphatic rings. The lowest BCUT2D eigenvalue weighted by molar-refractivity contribution is -0.138. The van der Waals surface area contributed by atoms with E-state index in [1.54, 1.807) is 12.1 Å². The second-order valence-corrected chi connectivity index (χ2v) is 8.84. The highest BCUT2D eigenvalue weighted by atomic mass is 16.4. The van der Waals surface area contributed by atoms with Crippen molar-refractivity contribution >= 4 is 5.97 Å². The van der Waals surface area contributed by atoms with Crippen LogP contribution in [0.3, 0.4) is 0 Å². The minimum Gasteiger partial charge on any atom is -0.508 e. The Bertz CT molecular complexity index is 517. The van der Waals surface area contributed by atoms with Gasteiger partial charge in [0.2, 0.25) is 0 Å². The van der Waals surface area contributed by atoms with Crippen LogP contribution in [0.1, 0.15) is 115 Å². The highest BCUT2D eigenvalue weighted by molar-refractivity contribution is 5.73. The van der Waals surface area contributed by atoms with Crippen LogP contribution >= 0.6 is 0 Å². The van der Waals surface area contributed by atoms with Crippen molar-refractivity contribution in [2.75, 3.05) is 6.61 Å². The van der Waals surface area contributed by atoms with Crippen molar-refractivity contribution in [1.82, 2.24) is 0 Å². The molecule has 0 saturated heterocycles. The zero-order valence-corrected chi connectivity index (χ0v) is 20.4. The van der Waals surface area contributed by atoms with Gasteiger partial charge in [0.25, 0.3) is 0 Å². The summed E-state index contributed by atoms with van der Waals surface area (Å²) in [6, 6.07) is 5.42. The summed E-state index contributed by atoms with van der Waals surface area (Å²) in [5, 5.41) is 26.1. The molecule has 5 heteroatoms. The van der Waals surface area contributed by atoms with Gasteiger partial charge in [-0.05, 0) is 30.5 Å². The summed E-state index contributed by atoms with van der Waals surface area (Å²) in [6.07, 6.45) is 22.4. The number of carbonyl (C=O) groups is 1. The van der Waals surface area contributed by atoms with Gasteiger partial charge < -0.3 is 21.1 Å². The topological polar surface area (TPSA) is 104 Å². The molecule has 5 N–H and O–H groups in total. The smallest absolute Gasteiger partial charge is 0.320 e. The molecule has 0 spiro atoms. The molecule has 0 aliphatic heterocycles. The minimum absolute atomic E-state index is 0.160. The maximum absolute atomic E-state index is 10.4. The van der Waals surface area contributed by atoms with E-state index in [-0.39, 0.29) is 12.2 Å². The predicted octanol–water partition coefficient (Wildman–Crippen LogP) is 6.59. The Morgan fingerprint density at radius 3 is 1.47 bits per heavy atom. The highest BCUT2D eigenvalue weighted by Gasteiger charge is 2.11. The van der Waals surface area contributed by atoms with Gasteiger partial charge in [0.05, 0.1) is 0 Å². The average Bonchev–Trinajstić information content (AvgIpc) is 2.78. The first-order chi connectivity index (χ1) is 15.5. The van der Waals surface area contributed by atoms with Gasteiger partial charge in [-0.2, -0.15) is 0 Å². The third-order valence-electron chi connectivity index (χ3n) is 5.72. The standard InChI is InChI=1S/C18H38O.C9H11NO3/c1-2-3-4-5-6-7-8-9-10-11-12-13-14-15-16-17-18-19;10-8(9(12)13)5-6-1-3-7(11)4-2-6/h19H,2-18H2,1H3;1-4,8,11H,5,10H2,(H,12,13). The number of carboxylic acid groups (broad SMARTS) is 1. The number of benzene rings is 1. The number of aliphatic hydroxyl groups is 1. The number of phenols is 1. The summed E-state index contributed by atoms with van der Waals surface area (Å²) in [6.45, 7) is 2.66. The van der Waals surface area contributed by atoms with Gasteiger partial charge in [-0.25, -0.2) is 0 Å². The van der Waals surface area contributed by atoms with Crippen molar-refractivity contribution < 1.29 is 20.1 Å². The summed E-state index contributed by atoms with van der Waals surface area (Å²) in [5.41, 5.74) is 6.12. The van der Waals surface area contributed by atoms with Crippen LogP contribution in [0, 0.1) is 0 Å². The van der Waals surface area contributed by atoms with E-state index in [0.717, 1.165) is 12.0 Å². The summed E-state index contributed by atoms with van der Waals surface area (Å²) >= 11 is 0. The van der Waals surface area contributed by atoms with Crippen molar-refractivity contribution in [2.24, 2.45) is 5.73 Å². The number of unbranched alkanes of at least 4 members (excludes halogenated alkanes) is 15. The zero-order valence-electron chi connectivity index (χ0n) is 20.4. The normalized spacial score (nSPS) is 11.6. The third-order valence-corrected chi connectivity index (χ3v) is 5.72. The Labute approximate surface area is 196 Å². The van der Waals surface area contributed by atoms with Gasteiger partial charge in [-0.1, -0.05) is 115 Å². The van der Waals surface area contributed by atoms with Crippen LogP contribution in [0.25, 0.3) is 0 Å². The number of nitrogens with two attached hydrogens (primary N) is 1. The number of aromatic hydroxyl groups is 1. The molecule has 0 bridgehead atoms. The molecule has 0 aliphatic carbocycles. The molecule has 1 atom stereocenters. The van der Waals surface area contributed by atoms with E-state index in [4.69, 9.17) is 21.1 Å². The van der Waals surface area contributed by atoms with Gasteiger partial charge in [-0.15, -0.1) is 0 Å². The van der Waals surface area contributed by atoms with Gasteiger partial charge in [0, 0.05) is 6.61 Å². The highest BCUT2D eigenvalue weighted by Crippen LogP contribution is 2.13. The van der Waals surface area contributed by atoms with Crippen LogP contribution < -0.4 is 5.73 Å². The summed E-state index contributed by atoms with van der Waals surface area (Å²) in [4.78, 5) is 10.4. The van der Waals surface area contributed by atoms with E-state index in [1.165, 1.54) is 108 Å². The number of hydrogen-bond acceptors (Lipinski definition) is 4. The van der Waals surface area contributed by atoms with E-state index in [9.17, 15) is 4.79 Å². The Morgan fingerprint density at radius 1 is 0.750 bits per heavy atom. The van der Waals surface area contributed by atoms with Crippen molar-refractivity contribution in [2.45, 2.75) is 122 Å². The summed E-state index contributed by atoms with van der Waals surface area (Å²) < 4.78 is 0. The molecule has 1 unspecified atom stereocenters. The Balaban J connectivity index is 0.000000641. The van der Waals surface area contributed by atoms with Crippen molar-refractivity contribution in [3.63, 3.8) is 0 Å². The van der Waals surface area contributed by atoms with Gasteiger partial charge >= 0.3 is 5.97 Å². The molecule has 186 valence electrons. The predicted molar refractivity (Wildman–Crippen MR) is 134 cm³/mol. The lowest BCUT2D eigenvalue weighted by atomic mass is 10.0. The fourth-order valence-corrected chi connectivity index (χ4v) is 3.63. The van der Waals surface area contributed by atoms with Crippen molar-refractivity contribution in [1.29, 1.82) is 0 Å². The first kappa shape index (κ1) is 30.4. The number of aliphatic carboxylic acids is 1. The second kappa shape index (κ2) is 22.6. The van der Waals surface area contributed by atoms with Crippen molar-refractivity contribution in [3.8, 4) is 5.75 Å². The van der Waals surface area contributed by atoms with Gasteiger partial charge in [0.15, 0.2) is 0 Å². The Hall–Kier alpha value is -1.59. The van der Waals surface area contributed by atoms with E-state index in [1.807, 2.05) is 0 Å². The van der Waals surface area contributed by atoms with Gasteiger partial charge in [-0.3, -0.25) is 4.79 Å². The molecular weight excluding hydrogens is 402 g/mol. The van der Waals surface area contributed by atoms with E-state index < -0.39 is 12.0 Å². The quantitative estimate of drug-likeness (QED) is 0.178. The van der Waals surface area contributed by atoms with Crippen LogP contribution in [-0.4, -0.2) is 33.9 Å². The maximum Gasteiger partial charge on any atom is 0.320 e. The summed E-state index contributed by atoms with van der Waals surface area (Å²) in [5.74, 6) is -0.860. The van der Waals surface area contributed by atoms with Crippen LogP contribution in [0.4, 0.5) is 0 Å². The maximum atomic E-state index is 10.4. The number of hydrogen-bond donors (Lipinski definition) is 4. The van der Waals surface area contributed by atoms with Crippen LogP contribution in [0.15, 0.2) is 24.3 Å². The minimum atomic E-state index is -1.02. The van der Waals surface area contributed by atoms with Crippen LogP contribution in [0.5, 0.6) is 5.75 Å². The largest absolute Gasteiger partial charge is 0.508 e. The lowest BCUT2D eigenvalue weighted by Crippen LogP contribution is -2.32.